The second-order valence-electron chi connectivity index (χ2n) is 4.76. The van der Waals surface area contributed by atoms with Crippen LogP contribution in [0.3, 0.4) is 0 Å². The molecule has 2 aromatic carbocycles. The molecular weight excluding hydrogens is 332 g/mol. The second-order valence-corrected chi connectivity index (χ2v) is 5.32. The van der Waals surface area contributed by atoms with Gasteiger partial charge in [0.25, 0.3) is 0 Å². The van der Waals surface area contributed by atoms with E-state index in [1.807, 2.05) is 30.3 Å². The van der Waals surface area contributed by atoms with Crippen molar-refractivity contribution in [1.82, 2.24) is 0 Å². The van der Waals surface area contributed by atoms with Gasteiger partial charge in [-0.1, -0.05) is 46.3 Å². The fourth-order valence-electron chi connectivity index (χ4n) is 1.99. The number of carbonyl (C=O) groups is 1. The number of rotatable bonds is 6. The monoisotopic (exact) mass is 348 g/mol. The molecule has 21 heavy (non-hydrogen) atoms. The molecule has 0 heterocycles. The van der Waals surface area contributed by atoms with Crippen molar-refractivity contribution in [3.05, 3.63) is 65.2 Å². The van der Waals surface area contributed by atoms with Crippen molar-refractivity contribution < 1.29 is 14.6 Å². The van der Waals surface area contributed by atoms with Crippen LogP contribution >= 0.6 is 15.9 Å². The van der Waals surface area contributed by atoms with Gasteiger partial charge in [-0.2, -0.15) is 0 Å². The third-order valence-corrected chi connectivity index (χ3v) is 3.65. The number of carbonyl (C=O) groups excluding carboxylic acids is 1. The predicted molar refractivity (Wildman–Crippen MR) is 86.0 cm³/mol. The molecule has 0 saturated carbocycles. The molecule has 0 unspecified atom stereocenters. The van der Waals surface area contributed by atoms with Gasteiger partial charge in [0.15, 0.2) is 5.78 Å². The Kier molecular flexibility index (Phi) is 5.53. The molecule has 0 spiro atoms. The van der Waals surface area contributed by atoms with Crippen molar-refractivity contribution in [2.24, 2.45) is 0 Å². The second kappa shape index (κ2) is 7.38. The van der Waals surface area contributed by atoms with Gasteiger partial charge in [0.2, 0.25) is 0 Å². The average Bonchev–Trinajstić information content (AvgIpc) is 2.52. The number of aliphatic hydroxyl groups is 1. The quantitative estimate of drug-likeness (QED) is 0.636. The Labute approximate surface area is 132 Å². The first-order valence-electron chi connectivity index (χ1n) is 6.69. The molecule has 0 aliphatic carbocycles. The van der Waals surface area contributed by atoms with Gasteiger partial charge in [0.05, 0.1) is 11.4 Å². The third kappa shape index (κ3) is 4.16. The smallest absolute Gasteiger partial charge is 0.173 e. The summed E-state index contributed by atoms with van der Waals surface area (Å²) in [7, 11) is 0. The third-order valence-electron chi connectivity index (χ3n) is 3.14. The van der Waals surface area contributed by atoms with E-state index in [1.54, 1.807) is 25.1 Å². The van der Waals surface area contributed by atoms with E-state index in [0.29, 0.717) is 23.5 Å². The number of halogens is 1. The summed E-state index contributed by atoms with van der Waals surface area (Å²) < 4.78 is 5.77. The molecule has 110 valence electrons. The highest BCUT2D eigenvalue weighted by atomic mass is 79.9. The molecule has 0 amide bonds. The molecule has 0 aliphatic rings. The van der Waals surface area contributed by atoms with Crippen LogP contribution in [0.25, 0.3) is 0 Å². The van der Waals surface area contributed by atoms with Crippen molar-refractivity contribution in [1.29, 1.82) is 0 Å². The van der Waals surface area contributed by atoms with Crippen LogP contribution in [0.5, 0.6) is 5.75 Å². The van der Waals surface area contributed by atoms with Crippen LogP contribution in [0.2, 0.25) is 0 Å². The van der Waals surface area contributed by atoms with E-state index >= 15 is 0 Å². The summed E-state index contributed by atoms with van der Waals surface area (Å²) in [6, 6.07) is 14.9. The Morgan fingerprint density at radius 2 is 1.95 bits per heavy atom. The molecule has 2 aromatic rings. The summed E-state index contributed by atoms with van der Waals surface area (Å²) in [4.78, 5) is 11.7. The maximum absolute atomic E-state index is 11.7. The summed E-state index contributed by atoms with van der Waals surface area (Å²) in [5, 5.41) is 10.1. The number of hydrogen-bond donors (Lipinski definition) is 1. The predicted octanol–water partition coefficient (Wildman–Crippen LogP) is 3.90. The van der Waals surface area contributed by atoms with Gasteiger partial charge in [0.1, 0.15) is 12.4 Å². The molecule has 4 heteroatoms. The molecule has 2 rings (SSSR count). The number of ketones is 1. The normalized spacial score (nSPS) is 12.0. The first-order valence-corrected chi connectivity index (χ1v) is 7.82. The Morgan fingerprint density at radius 3 is 2.57 bits per heavy atom. The van der Waals surface area contributed by atoms with Gasteiger partial charge in [-0.15, -0.1) is 0 Å². The SMILES string of the molecule is C[C@@H](O)c1cc(C(=O)CBr)ccc1OCc1ccccc1. The van der Waals surface area contributed by atoms with Gasteiger partial charge < -0.3 is 9.84 Å². The van der Waals surface area contributed by atoms with Gasteiger partial charge in [-0.05, 0) is 30.7 Å². The standard InChI is InChI=1S/C17H17BrO3/c1-12(19)15-9-14(16(20)10-18)7-8-17(15)21-11-13-5-3-2-4-6-13/h2-9,12,19H,10-11H2,1H3/t12-/m1/s1. The first kappa shape index (κ1) is 15.7. The van der Waals surface area contributed by atoms with E-state index in [-0.39, 0.29) is 11.1 Å². The van der Waals surface area contributed by atoms with Crippen LogP contribution in [0.4, 0.5) is 0 Å². The summed E-state index contributed by atoms with van der Waals surface area (Å²) >= 11 is 3.15. The zero-order valence-electron chi connectivity index (χ0n) is 11.8. The topological polar surface area (TPSA) is 46.5 Å². The van der Waals surface area contributed by atoms with Crippen LogP contribution in [0.15, 0.2) is 48.5 Å². The van der Waals surface area contributed by atoms with E-state index in [1.165, 1.54) is 0 Å². The summed E-state index contributed by atoms with van der Waals surface area (Å²) in [5.41, 5.74) is 2.24. The zero-order valence-corrected chi connectivity index (χ0v) is 13.3. The fraction of sp³-hybridized carbons (Fsp3) is 0.235. The van der Waals surface area contributed by atoms with Crippen molar-refractivity contribution in [2.45, 2.75) is 19.6 Å². The number of aliphatic hydroxyl groups excluding tert-OH is 1. The summed E-state index contributed by atoms with van der Waals surface area (Å²) in [6.45, 7) is 2.08. The zero-order chi connectivity index (χ0) is 15.2. The molecule has 1 N–H and O–H groups in total. The largest absolute Gasteiger partial charge is 0.489 e. The summed E-state index contributed by atoms with van der Waals surface area (Å²) in [6.07, 6.45) is -0.696. The number of Topliss-reactive ketones (excluding diaryl/α,β-unsaturated/α-hetero) is 1. The number of ether oxygens (including phenoxy) is 1. The molecule has 1 atom stereocenters. The molecule has 0 radical (unpaired) electrons. The molecule has 3 nitrogen and oxygen atoms in total. The lowest BCUT2D eigenvalue weighted by molar-refractivity contribution is 0.102. The van der Waals surface area contributed by atoms with Crippen molar-refractivity contribution in [3.8, 4) is 5.75 Å². The highest BCUT2D eigenvalue weighted by molar-refractivity contribution is 9.09. The lowest BCUT2D eigenvalue weighted by atomic mass is 10.0. The highest BCUT2D eigenvalue weighted by Crippen LogP contribution is 2.27. The fourth-order valence-corrected chi connectivity index (χ4v) is 2.32. The van der Waals surface area contributed by atoms with Crippen LogP contribution in [-0.2, 0) is 6.61 Å². The van der Waals surface area contributed by atoms with E-state index in [9.17, 15) is 9.90 Å². The van der Waals surface area contributed by atoms with Gasteiger partial charge in [-0.25, -0.2) is 0 Å². The minimum absolute atomic E-state index is 0.0218. The first-order chi connectivity index (χ1) is 10.1. The highest BCUT2D eigenvalue weighted by Gasteiger charge is 2.13. The van der Waals surface area contributed by atoms with Crippen LogP contribution in [0, 0.1) is 0 Å². The van der Waals surface area contributed by atoms with E-state index in [0.717, 1.165) is 5.56 Å². The molecule has 0 aliphatic heterocycles. The molecule has 0 bridgehead atoms. The lowest BCUT2D eigenvalue weighted by Crippen LogP contribution is -2.05. The van der Waals surface area contributed by atoms with Gasteiger partial charge in [-0.3, -0.25) is 4.79 Å². The van der Waals surface area contributed by atoms with Crippen molar-refractivity contribution in [2.75, 3.05) is 5.33 Å². The van der Waals surface area contributed by atoms with Crippen LogP contribution in [-0.4, -0.2) is 16.2 Å². The Hall–Kier alpha value is -1.65. The van der Waals surface area contributed by atoms with Gasteiger partial charge in [0, 0.05) is 11.1 Å². The van der Waals surface area contributed by atoms with Gasteiger partial charge >= 0.3 is 0 Å². The Balaban J connectivity index is 2.20. The number of hydrogen-bond acceptors (Lipinski definition) is 3. The average molecular weight is 349 g/mol. The van der Waals surface area contributed by atoms with Crippen molar-refractivity contribution >= 4 is 21.7 Å². The van der Waals surface area contributed by atoms with Crippen LogP contribution in [0.1, 0.15) is 34.5 Å². The maximum Gasteiger partial charge on any atom is 0.173 e. The maximum atomic E-state index is 11.7. The molecule has 0 fully saturated rings. The molecule has 0 aromatic heterocycles. The van der Waals surface area contributed by atoms with Crippen molar-refractivity contribution in [3.63, 3.8) is 0 Å². The molecule has 0 saturated heterocycles. The number of benzene rings is 2. The Morgan fingerprint density at radius 1 is 1.24 bits per heavy atom. The Bertz CT molecular complexity index is 609. The van der Waals surface area contributed by atoms with Crippen LogP contribution < -0.4 is 4.74 Å². The van der Waals surface area contributed by atoms with E-state index < -0.39 is 6.10 Å². The minimum atomic E-state index is -0.696. The van der Waals surface area contributed by atoms with E-state index in [4.69, 9.17) is 4.74 Å². The molecular formula is C17H17BrO3. The minimum Gasteiger partial charge on any atom is -0.489 e. The van der Waals surface area contributed by atoms with E-state index in [2.05, 4.69) is 15.9 Å². The number of alkyl halides is 1. The lowest BCUT2D eigenvalue weighted by Gasteiger charge is -2.14. The summed E-state index contributed by atoms with van der Waals surface area (Å²) in [5.74, 6) is 0.575.